The van der Waals surface area contributed by atoms with Gasteiger partial charge < -0.3 is 19.5 Å². The second-order valence-electron chi connectivity index (χ2n) is 11.5. The summed E-state index contributed by atoms with van der Waals surface area (Å²) in [6.07, 6.45) is 6.06. The molecule has 0 bridgehead atoms. The fourth-order valence-corrected chi connectivity index (χ4v) is 6.97. The average molecular weight is 558 g/mol. The van der Waals surface area contributed by atoms with Gasteiger partial charge in [-0.25, -0.2) is 0 Å². The molecular formula is C32H39BN2O6. The highest BCUT2D eigenvalue weighted by Crippen LogP contribution is 2.50. The first-order valence-corrected chi connectivity index (χ1v) is 14.5. The number of amides is 2. The monoisotopic (exact) mass is 558 g/mol. The second kappa shape index (κ2) is 12.3. The van der Waals surface area contributed by atoms with E-state index in [1.54, 1.807) is 13.3 Å². The van der Waals surface area contributed by atoms with Crippen molar-refractivity contribution in [2.75, 3.05) is 20.3 Å². The van der Waals surface area contributed by atoms with E-state index in [1.165, 1.54) is 4.90 Å². The van der Waals surface area contributed by atoms with Crippen molar-refractivity contribution in [2.45, 2.75) is 58.9 Å². The number of benzene rings is 1. The summed E-state index contributed by atoms with van der Waals surface area (Å²) in [7, 11) is 0.612. The van der Waals surface area contributed by atoms with Crippen molar-refractivity contribution in [3.8, 4) is 5.75 Å². The quantitative estimate of drug-likeness (QED) is 0.264. The number of fused-ring (bicyclic) bond motifs is 3. The average Bonchev–Trinajstić information content (AvgIpc) is 3.19. The maximum atomic E-state index is 13.5. The molecule has 2 aromatic rings. The number of likely N-dealkylation sites (tertiary alicyclic amines) is 1. The molecular weight excluding hydrogens is 519 g/mol. The highest BCUT2D eigenvalue weighted by molar-refractivity contribution is 6.43. The number of phenols is 1. The third-order valence-electron chi connectivity index (χ3n) is 8.69. The SMILES string of the molecule is CCCN1C(=O)[C@@H]2[C@@H](CC(COC)=C3[C@@H](CC/C(=C/c4cc(C)c(O)c(C)c4)c4ccccn4)OB(O)C[C@@H]32)C1=O. The molecule has 2 aliphatic heterocycles. The van der Waals surface area contributed by atoms with Gasteiger partial charge in [-0.05, 0) is 116 Å². The van der Waals surface area contributed by atoms with Crippen LogP contribution in [0.3, 0.4) is 0 Å². The molecule has 5 rings (SSSR count). The summed E-state index contributed by atoms with van der Waals surface area (Å²) in [5, 5.41) is 21.1. The molecule has 2 fully saturated rings. The first kappa shape index (κ1) is 29.2. The van der Waals surface area contributed by atoms with Crippen molar-refractivity contribution in [1.29, 1.82) is 0 Å². The lowest BCUT2D eigenvalue weighted by Crippen LogP contribution is -2.46. The number of carbonyl (C=O) groups is 2. The Morgan fingerprint density at radius 3 is 2.61 bits per heavy atom. The summed E-state index contributed by atoms with van der Waals surface area (Å²) in [5.41, 5.74) is 6.42. The number of hydrogen-bond donors (Lipinski definition) is 2. The lowest BCUT2D eigenvalue weighted by molar-refractivity contribution is -0.140. The second-order valence-corrected chi connectivity index (χ2v) is 11.5. The zero-order valence-electron chi connectivity index (χ0n) is 24.3. The number of nitrogens with zero attached hydrogens (tertiary/aromatic N) is 2. The van der Waals surface area contributed by atoms with Crippen LogP contribution in [0.2, 0.25) is 6.32 Å². The summed E-state index contributed by atoms with van der Waals surface area (Å²) < 4.78 is 11.7. The van der Waals surface area contributed by atoms with Gasteiger partial charge in [0.25, 0.3) is 0 Å². The van der Waals surface area contributed by atoms with E-state index in [-0.39, 0.29) is 24.1 Å². The van der Waals surface area contributed by atoms with Crippen LogP contribution in [-0.2, 0) is 19.0 Å². The number of aromatic nitrogens is 1. The lowest BCUT2D eigenvalue weighted by Gasteiger charge is -2.43. The van der Waals surface area contributed by atoms with Gasteiger partial charge in [0.1, 0.15) is 5.75 Å². The van der Waals surface area contributed by atoms with E-state index in [2.05, 4.69) is 11.1 Å². The van der Waals surface area contributed by atoms with Gasteiger partial charge in [-0.2, -0.15) is 0 Å². The van der Waals surface area contributed by atoms with Crippen molar-refractivity contribution in [1.82, 2.24) is 9.88 Å². The van der Waals surface area contributed by atoms with E-state index >= 15 is 0 Å². The lowest BCUT2D eigenvalue weighted by atomic mass is 9.58. The molecule has 9 heteroatoms. The Hall–Kier alpha value is -3.27. The van der Waals surface area contributed by atoms with Gasteiger partial charge in [0.15, 0.2) is 0 Å². The van der Waals surface area contributed by atoms with Crippen LogP contribution in [0.5, 0.6) is 5.75 Å². The van der Waals surface area contributed by atoms with Gasteiger partial charge in [-0.1, -0.05) is 13.0 Å². The molecule has 41 heavy (non-hydrogen) atoms. The van der Waals surface area contributed by atoms with Crippen LogP contribution in [0.15, 0.2) is 47.7 Å². The fraction of sp³-hybridized carbons (Fsp3) is 0.469. The van der Waals surface area contributed by atoms with E-state index in [0.29, 0.717) is 44.6 Å². The predicted octanol–water partition coefficient (Wildman–Crippen LogP) is 4.58. The number of aromatic hydroxyl groups is 1. The number of allylic oxidation sites excluding steroid dienone is 1. The third kappa shape index (κ3) is 5.76. The van der Waals surface area contributed by atoms with Gasteiger partial charge >= 0.3 is 7.12 Å². The van der Waals surface area contributed by atoms with Crippen molar-refractivity contribution in [3.05, 3.63) is 70.1 Å². The number of methoxy groups -OCH3 is 1. The third-order valence-corrected chi connectivity index (χ3v) is 8.69. The van der Waals surface area contributed by atoms with E-state index in [9.17, 15) is 19.7 Å². The number of aryl methyl sites for hydroxylation is 2. The Kier molecular flexibility index (Phi) is 8.78. The molecule has 2 amide bonds. The van der Waals surface area contributed by atoms with E-state index < -0.39 is 25.1 Å². The normalized spacial score (nSPS) is 24.7. The Bertz CT molecular complexity index is 1350. The van der Waals surface area contributed by atoms with E-state index in [4.69, 9.17) is 9.39 Å². The molecule has 216 valence electrons. The van der Waals surface area contributed by atoms with Crippen molar-refractivity contribution < 1.29 is 29.1 Å². The molecule has 2 saturated heterocycles. The molecule has 0 saturated carbocycles. The number of ether oxygens (including phenoxy) is 1. The number of hydrogen-bond acceptors (Lipinski definition) is 7. The van der Waals surface area contributed by atoms with Crippen molar-refractivity contribution >= 4 is 30.6 Å². The van der Waals surface area contributed by atoms with Gasteiger partial charge in [0.05, 0.1) is 30.2 Å². The van der Waals surface area contributed by atoms with Crippen LogP contribution in [0, 0.1) is 31.6 Å². The summed E-state index contributed by atoms with van der Waals surface area (Å²) in [4.78, 5) is 32.8. The van der Waals surface area contributed by atoms with Crippen molar-refractivity contribution in [3.63, 3.8) is 0 Å². The van der Waals surface area contributed by atoms with E-state index in [1.807, 2.05) is 51.1 Å². The van der Waals surface area contributed by atoms with Crippen LogP contribution < -0.4 is 0 Å². The highest BCUT2D eigenvalue weighted by Gasteiger charge is 2.57. The van der Waals surface area contributed by atoms with Gasteiger partial charge in [-0.3, -0.25) is 19.5 Å². The zero-order chi connectivity index (χ0) is 29.3. The van der Waals surface area contributed by atoms with Crippen LogP contribution >= 0.6 is 0 Å². The number of carbonyl (C=O) groups excluding carboxylic acids is 2. The van der Waals surface area contributed by atoms with Gasteiger partial charge in [-0.15, -0.1) is 0 Å². The predicted molar refractivity (Wildman–Crippen MR) is 158 cm³/mol. The minimum absolute atomic E-state index is 0.105. The largest absolute Gasteiger partial charge is 0.507 e. The van der Waals surface area contributed by atoms with Crippen LogP contribution in [0.4, 0.5) is 0 Å². The standard InChI is InChI=1S/C32H39BN2O6/c1-5-12-35-31(37)24-16-23(18-40-4)28-25(29(24)32(35)38)17-33(39)41-27(28)10-9-22(26-8-6-7-11-34-26)15-21-13-19(2)30(36)20(3)14-21/h6-8,11,13-15,24-25,27,29,36,39H,5,9-10,12,16-18H2,1-4H3/b22-15-/t24-,25+,27-,29-/m1/s1. The smallest absolute Gasteiger partial charge is 0.455 e. The summed E-state index contributed by atoms with van der Waals surface area (Å²) in [6, 6.07) is 9.70. The number of rotatable bonds is 9. The first-order valence-electron chi connectivity index (χ1n) is 14.5. The Morgan fingerprint density at radius 2 is 1.95 bits per heavy atom. The molecule has 3 aliphatic rings. The van der Waals surface area contributed by atoms with Crippen LogP contribution in [-0.4, -0.2) is 65.3 Å². The van der Waals surface area contributed by atoms with Crippen LogP contribution in [0.25, 0.3) is 11.6 Å². The maximum absolute atomic E-state index is 13.5. The number of pyridine rings is 1. The highest BCUT2D eigenvalue weighted by atomic mass is 16.5. The molecule has 0 spiro atoms. The molecule has 4 atom stereocenters. The molecule has 3 heterocycles. The molecule has 0 radical (unpaired) electrons. The molecule has 0 unspecified atom stereocenters. The Balaban J connectivity index is 1.48. The molecule has 1 aromatic carbocycles. The number of imide groups is 1. The van der Waals surface area contributed by atoms with Gasteiger partial charge in [0, 0.05) is 19.9 Å². The Morgan fingerprint density at radius 1 is 1.20 bits per heavy atom. The Labute approximate surface area is 242 Å². The first-order chi connectivity index (χ1) is 19.7. The minimum atomic E-state index is -1.02. The summed E-state index contributed by atoms with van der Waals surface area (Å²) >= 11 is 0. The van der Waals surface area contributed by atoms with Crippen molar-refractivity contribution in [2.24, 2.45) is 17.8 Å². The minimum Gasteiger partial charge on any atom is -0.507 e. The van der Waals surface area contributed by atoms with Gasteiger partial charge in [0.2, 0.25) is 11.8 Å². The van der Waals surface area contributed by atoms with E-state index in [0.717, 1.165) is 39.1 Å². The molecule has 1 aromatic heterocycles. The molecule has 1 aliphatic carbocycles. The fourth-order valence-electron chi connectivity index (χ4n) is 6.97. The summed E-state index contributed by atoms with van der Waals surface area (Å²) in [5.74, 6) is -1.09. The number of phenolic OH excluding ortho intramolecular Hbond substituents is 1. The van der Waals surface area contributed by atoms with Crippen LogP contribution in [0.1, 0.15) is 55.0 Å². The maximum Gasteiger partial charge on any atom is 0.455 e. The molecule has 2 N–H and O–H groups in total. The summed E-state index contributed by atoms with van der Waals surface area (Å²) in [6.45, 7) is 6.51. The topological polar surface area (TPSA) is 109 Å². The molecule has 8 nitrogen and oxygen atoms in total. The zero-order valence-corrected chi connectivity index (χ0v) is 24.3.